The van der Waals surface area contributed by atoms with Gasteiger partial charge in [0.05, 0.1) is 5.39 Å². The van der Waals surface area contributed by atoms with Crippen molar-refractivity contribution in [2.45, 2.75) is 25.7 Å². The van der Waals surface area contributed by atoms with Gasteiger partial charge in [0.1, 0.15) is 5.75 Å². The largest absolute Gasteiger partial charge is 0.483 e. The van der Waals surface area contributed by atoms with Gasteiger partial charge in [-0.05, 0) is 31.0 Å². The van der Waals surface area contributed by atoms with Gasteiger partial charge in [-0.15, -0.1) is 0 Å². The topological polar surface area (TPSA) is 62.4 Å². The normalized spacial score (nSPS) is 15.5. The number of ether oxygens (including phenoxy) is 1. The first kappa shape index (κ1) is 14.6. The number of amides is 1. The minimum absolute atomic E-state index is 0.0174. The highest BCUT2D eigenvalue weighted by atomic mass is 16.5. The molecule has 1 amide bonds. The number of H-pyrrole nitrogens is 1. The highest BCUT2D eigenvalue weighted by Gasteiger charge is 2.16. The van der Waals surface area contributed by atoms with E-state index < -0.39 is 0 Å². The molecular weight excluding hydrogens is 280 g/mol. The third-order valence-corrected chi connectivity index (χ3v) is 4.09. The Balaban J connectivity index is 1.72. The number of fused-ring (bicyclic) bond motifs is 1. The summed E-state index contributed by atoms with van der Waals surface area (Å²) in [7, 11) is 0. The number of nitrogens with zero attached hydrogens (tertiary/aromatic N) is 1. The third-order valence-electron chi connectivity index (χ3n) is 4.09. The number of hydrogen-bond donors (Lipinski definition) is 1. The summed E-state index contributed by atoms with van der Waals surface area (Å²) in [5.74, 6) is 0.593. The summed E-state index contributed by atoms with van der Waals surface area (Å²) in [5, 5.41) is 1.30. The van der Waals surface area contributed by atoms with E-state index in [0.29, 0.717) is 11.1 Å². The molecule has 0 unspecified atom stereocenters. The summed E-state index contributed by atoms with van der Waals surface area (Å²) in [5.41, 5.74) is -0.151. The van der Waals surface area contributed by atoms with Gasteiger partial charge in [-0.25, -0.2) is 0 Å². The van der Waals surface area contributed by atoms with Gasteiger partial charge >= 0.3 is 0 Å². The molecule has 1 fully saturated rings. The Morgan fingerprint density at radius 1 is 1.09 bits per heavy atom. The molecule has 1 aromatic carbocycles. The molecule has 0 spiro atoms. The standard InChI is InChI=1S/C17H20N2O3/c20-16(19-10-3-1-2-4-11-19)12-22-15-7-5-6-14-13(15)8-9-18-17(14)21/h5-9H,1-4,10-12H2,(H,18,21). The Kier molecular flexibility index (Phi) is 4.42. The van der Waals surface area contributed by atoms with Crippen LogP contribution in [0, 0.1) is 0 Å². The highest BCUT2D eigenvalue weighted by molar-refractivity contribution is 5.87. The van der Waals surface area contributed by atoms with E-state index in [1.807, 2.05) is 4.90 Å². The number of aromatic nitrogens is 1. The Morgan fingerprint density at radius 3 is 2.64 bits per heavy atom. The van der Waals surface area contributed by atoms with E-state index in [1.54, 1.807) is 30.5 Å². The van der Waals surface area contributed by atoms with Gasteiger partial charge in [-0.3, -0.25) is 9.59 Å². The van der Waals surface area contributed by atoms with Gasteiger partial charge in [0.15, 0.2) is 6.61 Å². The average molecular weight is 300 g/mol. The summed E-state index contributed by atoms with van der Waals surface area (Å²) < 4.78 is 5.69. The lowest BCUT2D eigenvalue weighted by Crippen LogP contribution is -2.35. The van der Waals surface area contributed by atoms with Crippen LogP contribution in [0.25, 0.3) is 10.8 Å². The maximum Gasteiger partial charge on any atom is 0.260 e. The molecule has 0 radical (unpaired) electrons. The van der Waals surface area contributed by atoms with Gasteiger partial charge in [0.2, 0.25) is 0 Å². The average Bonchev–Trinajstić information content (AvgIpc) is 2.82. The zero-order valence-corrected chi connectivity index (χ0v) is 12.5. The Labute approximate surface area is 128 Å². The van der Waals surface area contributed by atoms with E-state index >= 15 is 0 Å². The van der Waals surface area contributed by atoms with Gasteiger partial charge in [0.25, 0.3) is 11.5 Å². The lowest BCUT2D eigenvalue weighted by Gasteiger charge is -2.20. The summed E-state index contributed by atoms with van der Waals surface area (Å²) in [6.07, 6.45) is 6.10. The molecule has 22 heavy (non-hydrogen) atoms. The number of pyridine rings is 1. The van der Waals surface area contributed by atoms with Crippen molar-refractivity contribution in [1.82, 2.24) is 9.88 Å². The van der Waals surface area contributed by atoms with Crippen LogP contribution in [-0.2, 0) is 4.79 Å². The van der Waals surface area contributed by atoms with E-state index in [0.717, 1.165) is 31.3 Å². The Hall–Kier alpha value is -2.30. The number of carbonyl (C=O) groups excluding carboxylic acids is 1. The van der Waals surface area contributed by atoms with Crippen molar-refractivity contribution < 1.29 is 9.53 Å². The van der Waals surface area contributed by atoms with Gasteiger partial charge in [-0.2, -0.15) is 0 Å². The molecular formula is C17H20N2O3. The first-order valence-corrected chi connectivity index (χ1v) is 7.77. The number of hydrogen-bond acceptors (Lipinski definition) is 3. The second-order valence-electron chi connectivity index (χ2n) is 5.61. The zero-order valence-electron chi connectivity index (χ0n) is 12.5. The quantitative estimate of drug-likeness (QED) is 0.946. The second-order valence-corrected chi connectivity index (χ2v) is 5.61. The number of carbonyl (C=O) groups is 1. The van der Waals surface area contributed by atoms with Crippen molar-refractivity contribution in [3.8, 4) is 5.75 Å². The number of aromatic amines is 1. The van der Waals surface area contributed by atoms with Crippen LogP contribution in [0.4, 0.5) is 0 Å². The third kappa shape index (κ3) is 3.13. The van der Waals surface area contributed by atoms with E-state index in [9.17, 15) is 9.59 Å². The second kappa shape index (κ2) is 6.64. The predicted octanol–water partition coefficient (Wildman–Crippen LogP) is 2.31. The minimum Gasteiger partial charge on any atom is -0.483 e. The van der Waals surface area contributed by atoms with Crippen LogP contribution in [0.3, 0.4) is 0 Å². The first-order chi connectivity index (χ1) is 10.8. The fourth-order valence-corrected chi connectivity index (χ4v) is 2.87. The van der Waals surface area contributed by atoms with Crippen LogP contribution in [0.2, 0.25) is 0 Å². The lowest BCUT2D eigenvalue weighted by molar-refractivity contribution is -0.133. The number of rotatable bonds is 3. The molecule has 0 bridgehead atoms. The highest BCUT2D eigenvalue weighted by Crippen LogP contribution is 2.22. The fourth-order valence-electron chi connectivity index (χ4n) is 2.87. The van der Waals surface area contributed by atoms with Gasteiger partial charge in [-0.1, -0.05) is 18.9 Å². The molecule has 0 atom stereocenters. The molecule has 1 saturated heterocycles. The van der Waals surface area contributed by atoms with Crippen molar-refractivity contribution in [2.24, 2.45) is 0 Å². The number of likely N-dealkylation sites (tertiary alicyclic amines) is 1. The molecule has 1 N–H and O–H groups in total. The van der Waals surface area contributed by atoms with Crippen molar-refractivity contribution >= 4 is 16.7 Å². The van der Waals surface area contributed by atoms with E-state index in [1.165, 1.54) is 12.8 Å². The molecule has 5 nitrogen and oxygen atoms in total. The monoisotopic (exact) mass is 300 g/mol. The minimum atomic E-state index is -0.151. The van der Waals surface area contributed by atoms with E-state index in [4.69, 9.17) is 4.74 Å². The first-order valence-electron chi connectivity index (χ1n) is 7.77. The molecule has 3 rings (SSSR count). The lowest BCUT2D eigenvalue weighted by atomic mass is 10.1. The Morgan fingerprint density at radius 2 is 1.86 bits per heavy atom. The van der Waals surface area contributed by atoms with Gasteiger partial charge in [0, 0.05) is 24.7 Å². The SMILES string of the molecule is O=C(COc1cccc2c(=O)[nH]ccc12)N1CCCCCC1. The fraction of sp³-hybridized carbons (Fsp3) is 0.412. The van der Waals surface area contributed by atoms with Crippen LogP contribution >= 0.6 is 0 Å². The molecule has 116 valence electrons. The van der Waals surface area contributed by atoms with E-state index in [2.05, 4.69) is 4.98 Å². The van der Waals surface area contributed by atoms with Crippen molar-refractivity contribution in [1.29, 1.82) is 0 Å². The number of benzene rings is 1. The summed E-state index contributed by atoms with van der Waals surface area (Å²) in [6, 6.07) is 7.10. The Bertz CT molecular complexity index is 715. The molecule has 1 aromatic heterocycles. The van der Waals surface area contributed by atoms with Crippen molar-refractivity contribution in [3.63, 3.8) is 0 Å². The molecule has 2 aromatic rings. The summed E-state index contributed by atoms with van der Waals surface area (Å²) in [4.78, 5) is 28.5. The molecule has 1 aliphatic rings. The molecule has 0 saturated carbocycles. The van der Waals surface area contributed by atoms with Crippen LogP contribution in [0.1, 0.15) is 25.7 Å². The maximum absolute atomic E-state index is 12.3. The predicted molar refractivity (Wildman–Crippen MR) is 85.1 cm³/mol. The maximum atomic E-state index is 12.3. The van der Waals surface area contributed by atoms with Crippen LogP contribution in [-0.4, -0.2) is 35.5 Å². The summed E-state index contributed by atoms with van der Waals surface area (Å²) in [6.45, 7) is 1.65. The van der Waals surface area contributed by atoms with Crippen LogP contribution in [0.15, 0.2) is 35.3 Å². The zero-order chi connectivity index (χ0) is 15.4. The van der Waals surface area contributed by atoms with Gasteiger partial charge < -0.3 is 14.6 Å². The summed E-state index contributed by atoms with van der Waals surface area (Å²) >= 11 is 0. The molecule has 5 heteroatoms. The molecule has 2 heterocycles. The van der Waals surface area contributed by atoms with Crippen molar-refractivity contribution in [2.75, 3.05) is 19.7 Å². The molecule has 0 aliphatic carbocycles. The number of nitrogens with one attached hydrogen (secondary N) is 1. The van der Waals surface area contributed by atoms with Crippen molar-refractivity contribution in [3.05, 3.63) is 40.8 Å². The van der Waals surface area contributed by atoms with Crippen LogP contribution in [0.5, 0.6) is 5.75 Å². The van der Waals surface area contributed by atoms with Crippen LogP contribution < -0.4 is 10.3 Å². The molecule has 1 aliphatic heterocycles. The smallest absolute Gasteiger partial charge is 0.260 e. The van der Waals surface area contributed by atoms with E-state index in [-0.39, 0.29) is 18.1 Å².